The number of benzene rings is 1. The van der Waals surface area contributed by atoms with Crippen molar-refractivity contribution in [2.75, 3.05) is 46.4 Å². The first-order valence-electron chi connectivity index (χ1n) is 9.32. The molecule has 1 aromatic carbocycles. The highest BCUT2D eigenvalue weighted by atomic mass is 127. The minimum atomic E-state index is -4.18. The summed E-state index contributed by atoms with van der Waals surface area (Å²) in [6.07, 6.45) is -3.41. The van der Waals surface area contributed by atoms with Gasteiger partial charge in [-0.1, -0.05) is 12.1 Å². The fourth-order valence-electron chi connectivity index (χ4n) is 3.07. The standard InChI is InChI=1S/C19H29F3N4O.HI/c1-4-23-18(24-9-8-16-6-5-7-17(14-16)27-3)26-12-10-25(11-13-26)15(2)19(20,21)22;/h5-7,14-15H,4,8-13H2,1-3H3,(H,23,24);1H. The van der Waals surface area contributed by atoms with Crippen LogP contribution >= 0.6 is 24.0 Å². The fourth-order valence-corrected chi connectivity index (χ4v) is 3.07. The Morgan fingerprint density at radius 1 is 1.25 bits per heavy atom. The zero-order valence-corrected chi connectivity index (χ0v) is 19.0. The largest absolute Gasteiger partial charge is 0.497 e. The molecular formula is C19H30F3IN4O. The second-order valence-corrected chi connectivity index (χ2v) is 6.58. The Kier molecular flexibility index (Phi) is 10.4. The van der Waals surface area contributed by atoms with Gasteiger partial charge < -0.3 is 15.0 Å². The number of hydrogen-bond acceptors (Lipinski definition) is 3. The summed E-state index contributed by atoms with van der Waals surface area (Å²) in [5, 5.41) is 3.25. The van der Waals surface area contributed by atoms with Crippen molar-refractivity contribution in [1.29, 1.82) is 0 Å². The topological polar surface area (TPSA) is 40.1 Å². The first-order valence-corrected chi connectivity index (χ1v) is 9.32. The number of ether oxygens (including phenoxy) is 1. The van der Waals surface area contributed by atoms with Gasteiger partial charge in [0, 0.05) is 39.3 Å². The van der Waals surface area contributed by atoms with Gasteiger partial charge in [-0.3, -0.25) is 9.89 Å². The molecule has 1 N–H and O–H groups in total. The molecule has 9 heteroatoms. The maximum absolute atomic E-state index is 12.9. The molecule has 1 aliphatic rings. The molecule has 0 amide bonds. The van der Waals surface area contributed by atoms with Gasteiger partial charge in [0.1, 0.15) is 11.8 Å². The Bertz CT molecular complexity index is 619. The Morgan fingerprint density at radius 2 is 1.93 bits per heavy atom. The molecule has 1 fully saturated rings. The van der Waals surface area contributed by atoms with Crippen LogP contribution in [0.4, 0.5) is 13.2 Å². The highest BCUT2D eigenvalue weighted by Crippen LogP contribution is 2.25. The van der Waals surface area contributed by atoms with E-state index in [0.29, 0.717) is 32.7 Å². The van der Waals surface area contributed by atoms with Crippen molar-refractivity contribution in [3.05, 3.63) is 29.8 Å². The Labute approximate surface area is 182 Å². The molecule has 160 valence electrons. The molecule has 5 nitrogen and oxygen atoms in total. The van der Waals surface area contributed by atoms with Gasteiger partial charge in [0.15, 0.2) is 5.96 Å². The minimum absolute atomic E-state index is 0. The van der Waals surface area contributed by atoms with E-state index in [1.54, 1.807) is 7.11 Å². The number of nitrogens with zero attached hydrogens (tertiary/aromatic N) is 3. The summed E-state index contributed by atoms with van der Waals surface area (Å²) in [6, 6.07) is 6.46. The first kappa shape index (κ1) is 24.8. The molecule has 0 spiro atoms. The van der Waals surface area contributed by atoms with Crippen molar-refractivity contribution in [3.8, 4) is 5.75 Å². The van der Waals surface area contributed by atoms with Crippen LogP contribution in [0.25, 0.3) is 0 Å². The lowest BCUT2D eigenvalue weighted by molar-refractivity contribution is -0.181. The molecule has 28 heavy (non-hydrogen) atoms. The molecular weight excluding hydrogens is 484 g/mol. The number of methoxy groups -OCH3 is 1. The number of alkyl halides is 3. The molecule has 0 aliphatic carbocycles. The van der Waals surface area contributed by atoms with Crippen molar-refractivity contribution >= 4 is 29.9 Å². The van der Waals surface area contributed by atoms with Gasteiger partial charge in [-0.2, -0.15) is 13.2 Å². The van der Waals surface area contributed by atoms with Crippen LogP contribution in [0.2, 0.25) is 0 Å². The van der Waals surface area contributed by atoms with E-state index in [-0.39, 0.29) is 24.0 Å². The first-order chi connectivity index (χ1) is 12.8. The normalized spacial score (nSPS) is 17.1. The quantitative estimate of drug-likeness (QED) is 0.359. The molecule has 1 heterocycles. The molecule has 2 rings (SSSR count). The summed E-state index contributed by atoms with van der Waals surface area (Å²) in [5.74, 6) is 1.58. The van der Waals surface area contributed by atoms with Crippen LogP contribution in [0.3, 0.4) is 0 Å². The predicted molar refractivity (Wildman–Crippen MR) is 117 cm³/mol. The molecule has 0 saturated carbocycles. The van der Waals surface area contributed by atoms with Crippen molar-refractivity contribution in [1.82, 2.24) is 15.1 Å². The summed E-state index contributed by atoms with van der Waals surface area (Å²) in [6.45, 7) is 6.35. The second-order valence-electron chi connectivity index (χ2n) is 6.58. The highest BCUT2D eigenvalue weighted by Gasteiger charge is 2.41. The third-order valence-corrected chi connectivity index (χ3v) is 4.77. The molecule has 1 atom stereocenters. The van der Waals surface area contributed by atoms with Gasteiger partial charge in [-0.05, 0) is 38.0 Å². The Balaban J connectivity index is 0.00000392. The van der Waals surface area contributed by atoms with E-state index < -0.39 is 12.2 Å². The molecule has 0 radical (unpaired) electrons. The van der Waals surface area contributed by atoms with E-state index in [1.807, 2.05) is 36.1 Å². The van der Waals surface area contributed by atoms with Crippen LogP contribution in [0.1, 0.15) is 19.4 Å². The zero-order chi connectivity index (χ0) is 19.9. The number of rotatable bonds is 6. The average molecular weight is 514 g/mol. The monoisotopic (exact) mass is 514 g/mol. The number of hydrogen-bond donors (Lipinski definition) is 1. The number of halogens is 4. The van der Waals surface area contributed by atoms with Crippen LogP contribution < -0.4 is 10.1 Å². The van der Waals surface area contributed by atoms with Crippen LogP contribution in [0.15, 0.2) is 29.3 Å². The fraction of sp³-hybridized carbons (Fsp3) is 0.632. The van der Waals surface area contributed by atoms with E-state index in [4.69, 9.17) is 4.74 Å². The van der Waals surface area contributed by atoms with E-state index in [0.717, 1.165) is 30.2 Å². The zero-order valence-electron chi connectivity index (χ0n) is 16.6. The van der Waals surface area contributed by atoms with Crippen LogP contribution in [0.5, 0.6) is 5.75 Å². The number of piperazine rings is 1. The van der Waals surface area contributed by atoms with E-state index in [2.05, 4.69) is 10.3 Å². The lowest BCUT2D eigenvalue weighted by Crippen LogP contribution is -2.56. The van der Waals surface area contributed by atoms with Crippen LogP contribution in [-0.2, 0) is 6.42 Å². The van der Waals surface area contributed by atoms with E-state index in [9.17, 15) is 13.2 Å². The molecule has 0 aromatic heterocycles. The third-order valence-electron chi connectivity index (χ3n) is 4.77. The minimum Gasteiger partial charge on any atom is -0.497 e. The molecule has 1 aliphatic heterocycles. The maximum Gasteiger partial charge on any atom is 0.403 e. The van der Waals surface area contributed by atoms with Gasteiger partial charge in [-0.25, -0.2) is 0 Å². The summed E-state index contributed by atoms with van der Waals surface area (Å²) in [7, 11) is 1.64. The number of nitrogens with one attached hydrogen (secondary N) is 1. The Hall–Kier alpha value is -1.23. The molecule has 0 bridgehead atoms. The van der Waals surface area contributed by atoms with Gasteiger partial charge in [0.05, 0.1) is 7.11 Å². The average Bonchev–Trinajstić information content (AvgIpc) is 2.66. The third kappa shape index (κ3) is 7.31. The molecule has 1 saturated heterocycles. The van der Waals surface area contributed by atoms with Gasteiger partial charge in [-0.15, -0.1) is 24.0 Å². The summed E-state index contributed by atoms with van der Waals surface area (Å²) < 4.78 is 43.9. The molecule has 1 unspecified atom stereocenters. The van der Waals surface area contributed by atoms with Crippen LogP contribution in [-0.4, -0.2) is 74.4 Å². The van der Waals surface area contributed by atoms with Crippen molar-refractivity contribution < 1.29 is 17.9 Å². The number of guanidine groups is 1. The number of aliphatic imine (C=N–C) groups is 1. The van der Waals surface area contributed by atoms with Crippen molar-refractivity contribution in [2.45, 2.75) is 32.5 Å². The highest BCUT2D eigenvalue weighted by molar-refractivity contribution is 14.0. The summed E-state index contributed by atoms with van der Waals surface area (Å²) >= 11 is 0. The van der Waals surface area contributed by atoms with Gasteiger partial charge >= 0.3 is 6.18 Å². The van der Waals surface area contributed by atoms with E-state index in [1.165, 1.54) is 11.8 Å². The lowest BCUT2D eigenvalue weighted by atomic mass is 10.1. The van der Waals surface area contributed by atoms with Crippen molar-refractivity contribution in [3.63, 3.8) is 0 Å². The summed E-state index contributed by atoms with van der Waals surface area (Å²) in [4.78, 5) is 8.18. The Morgan fingerprint density at radius 3 is 2.50 bits per heavy atom. The lowest BCUT2D eigenvalue weighted by Gasteiger charge is -2.39. The SMILES string of the molecule is CCNC(=NCCc1cccc(OC)c1)N1CCN(C(C)C(F)(F)F)CC1.I. The maximum atomic E-state index is 12.9. The second kappa shape index (κ2) is 11.7. The van der Waals surface area contributed by atoms with Gasteiger partial charge in [0.2, 0.25) is 0 Å². The smallest absolute Gasteiger partial charge is 0.403 e. The molecule has 1 aromatic rings. The van der Waals surface area contributed by atoms with Crippen molar-refractivity contribution in [2.24, 2.45) is 4.99 Å². The van der Waals surface area contributed by atoms with Gasteiger partial charge in [0.25, 0.3) is 0 Å². The predicted octanol–water partition coefficient (Wildman–Crippen LogP) is 3.39. The van der Waals surface area contributed by atoms with Crippen LogP contribution in [0, 0.1) is 0 Å². The summed E-state index contributed by atoms with van der Waals surface area (Å²) in [5.41, 5.74) is 1.14. The van der Waals surface area contributed by atoms with E-state index >= 15 is 0 Å².